The molecule has 0 unspecified atom stereocenters. The molecule has 6 heteroatoms. The van der Waals surface area contributed by atoms with E-state index < -0.39 is 0 Å². The molecule has 0 atom stereocenters. The van der Waals surface area contributed by atoms with E-state index >= 15 is 0 Å². The van der Waals surface area contributed by atoms with E-state index in [0.29, 0.717) is 23.2 Å². The monoisotopic (exact) mass is 398 g/mol. The van der Waals surface area contributed by atoms with Crippen LogP contribution < -0.4 is 10.1 Å². The van der Waals surface area contributed by atoms with E-state index in [-0.39, 0.29) is 5.91 Å². The fourth-order valence-electron chi connectivity index (χ4n) is 2.66. The summed E-state index contributed by atoms with van der Waals surface area (Å²) in [6.45, 7) is 1.18. The van der Waals surface area contributed by atoms with E-state index in [9.17, 15) is 4.79 Å². The average Bonchev–Trinajstić information content (AvgIpc) is 3.40. The smallest absolute Gasteiger partial charge is 0.270 e. The second-order valence-electron chi connectivity index (χ2n) is 6.60. The van der Waals surface area contributed by atoms with Gasteiger partial charge in [0.15, 0.2) is 0 Å². The van der Waals surface area contributed by atoms with Gasteiger partial charge in [-0.2, -0.15) is 0 Å². The van der Waals surface area contributed by atoms with Gasteiger partial charge in [-0.1, -0.05) is 35.9 Å². The van der Waals surface area contributed by atoms with Crippen molar-refractivity contribution in [2.75, 3.05) is 6.54 Å². The van der Waals surface area contributed by atoms with Gasteiger partial charge in [0.2, 0.25) is 0 Å². The lowest BCUT2D eigenvalue weighted by atomic mass is 10.2. The molecule has 1 amide bonds. The molecular formula is C21H19ClN2O2S. The van der Waals surface area contributed by atoms with Crippen molar-refractivity contribution in [3.05, 3.63) is 70.2 Å². The highest BCUT2D eigenvalue weighted by molar-refractivity contribution is 7.13. The Balaban J connectivity index is 1.47. The lowest BCUT2D eigenvalue weighted by Crippen LogP contribution is -2.25. The summed E-state index contributed by atoms with van der Waals surface area (Å²) in [4.78, 5) is 16.8. The third-order valence-electron chi connectivity index (χ3n) is 4.41. The first-order valence-electron chi connectivity index (χ1n) is 8.89. The van der Waals surface area contributed by atoms with Gasteiger partial charge < -0.3 is 10.1 Å². The SMILES string of the molecule is O=C(NCC1CC1)c1csc(-c2ccccc2OCc2ccc(Cl)cc2)n1. The van der Waals surface area contributed by atoms with Crippen LogP contribution in [0.3, 0.4) is 0 Å². The van der Waals surface area contributed by atoms with Gasteiger partial charge in [0.1, 0.15) is 23.1 Å². The molecule has 4 rings (SSSR count). The zero-order chi connectivity index (χ0) is 18.6. The summed E-state index contributed by atoms with van der Waals surface area (Å²) in [7, 11) is 0. The molecular weight excluding hydrogens is 380 g/mol. The largest absolute Gasteiger partial charge is 0.488 e. The van der Waals surface area contributed by atoms with Crippen LogP contribution in [0.1, 0.15) is 28.9 Å². The molecule has 0 spiro atoms. The number of halogens is 1. The van der Waals surface area contributed by atoms with Crippen LogP contribution in [-0.2, 0) is 6.61 Å². The zero-order valence-electron chi connectivity index (χ0n) is 14.7. The lowest BCUT2D eigenvalue weighted by Gasteiger charge is -2.10. The maximum atomic E-state index is 12.2. The van der Waals surface area contributed by atoms with Crippen molar-refractivity contribution in [2.45, 2.75) is 19.4 Å². The van der Waals surface area contributed by atoms with Crippen LogP contribution in [0.2, 0.25) is 5.02 Å². The summed E-state index contributed by atoms with van der Waals surface area (Å²) in [5.41, 5.74) is 2.38. The van der Waals surface area contributed by atoms with E-state index in [1.165, 1.54) is 24.2 Å². The van der Waals surface area contributed by atoms with E-state index in [2.05, 4.69) is 10.3 Å². The van der Waals surface area contributed by atoms with Crippen LogP contribution in [0.15, 0.2) is 53.9 Å². The van der Waals surface area contributed by atoms with Gasteiger partial charge in [-0.3, -0.25) is 4.79 Å². The van der Waals surface area contributed by atoms with Crippen molar-refractivity contribution in [1.82, 2.24) is 10.3 Å². The highest BCUT2D eigenvalue weighted by atomic mass is 35.5. The number of thiazole rings is 1. The Morgan fingerprint density at radius 2 is 1.96 bits per heavy atom. The third kappa shape index (κ3) is 4.67. The Morgan fingerprint density at radius 1 is 1.19 bits per heavy atom. The highest BCUT2D eigenvalue weighted by Crippen LogP contribution is 2.33. The summed E-state index contributed by atoms with van der Waals surface area (Å²) in [6.07, 6.45) is 2.42. The standard InChI is InChI=1S/C21H19ClN2O2S/c22-16-9-7-15(8-10-16)12-26-19-4-2-1-3-17(19)21-24-18(13-27-21)20(25)23-11-14-5-6-14/h1-4,7-10,13-14H,5-6,11-12H2,(H,23,25). The van der Waals surface area contributed by atoms with Crippen molar-refractivity contribution in [1.29, 1.82) is 0 Å². The van der Waals surface area contributed by atoms with Crippen molar-refractivity contribution in [2.24, 2.45) is 5.92 Å². The number of aromatic nitrogens is 1. The topological polar surface area (TPSA) is 51.2 Å². The molecule has 3 aromatic rings. The Bertz CT molecular complexity index is 935. The van der Waals surface area contributed by atoms with Crippen molar-refractivity contribution >= 4 is 28.8 Å². The molecule has 2 aromatic carbocycles. The van der Waals surface area contributed by atoms with Gasteiger partial charge in [-0.05, 0) is 48.6 Å². The molecule has 1 saturated carbocycles. The molecule has 138 valence electrons. The van der Waals surface area contributed by atoms with Gasteiger partial charge in [0.25, 0.3) is 5.91 Å². The minimum absolute atomic E-state index is 0.107. The van der Waals surface area contributed by atoms with Gasteiger partial charge in [-0.15, -0.1) is 11.3 Å². The number of carbonyl (C=O) groups is 1. The van der Waals surface area contributed by atoms with Crippen LogP contribution in [0.5, 0.6) is 5.75 Å². The van der Waals surface area contributed by atoms with Gasteiger partial charge in [0.05, 0.1) is 5.56 Å². The quantitative estimate of drug-likeness (QED) is 0.596. The van der Waals surface area contributed by atoms with Crippen molar-refractivity contribution in [3.8, 4) is 16.3 Å². The Labute approximate surface area is 167 Å². The Morgan fingerprint density at radius 3 is 2.74 bits per heavy atom. The summed E-state index contributed by atoms with van der Waals surface area (Å²) in [5.74, 6) is 1.28. The predicted molar refractivity (Wildman–Crippen MR) is 108 cm³/mol. The van der Waals surface area contributed by atoms with Crippen LogP contribution >= 0.6 is 22.9 Å². The highest BCUT2D eigenvalue weighted by Gasteiger charge is 2.22. The molecule has 0 aliphatic heterocycles. The number of rotatable bonds is 7. The Hall–Kier alpha value is -2.37. The fraction of sp³-hybridized carbons (Fsp3) is 0.238. The summed E-state index contributed by atoms with van der Waals surface area (Å²) < 4.78 is 6.00. The summed E-state index contributed by atoms with van der Waals surface area (Å²) in [5, 5.41) is 6.23. The number of hydrogen-bond acceptors (Lipinski definition) is 4. The lowest BCUT2D eigenvalue weighted by molar-refractivity contribution is 0.0947. The molecule has 0 saturated heterocycles. The van der Waals surface area contributed by atoms with Gasteiger partial charge >= 0.3 is 0 Å². The first-order valence-corrected chi connectivity index (χ1v) is 10.1. The van der Waals surface area contributed by atoms with Gasteiger partial charge in [-0.25, -0.2) is 4.98 Å². The summed E-state index contributed by atoms with van der Waals surface area (Å²) in [6, 6.07) is 15.3. The normalized spacial score (nSPS) is 13.4. The van der Waals surface area contributed by atoms with E-state index in [1.807, 2.05) is 48.5 Å². The Kier molecular flexibility index (Phi) is 5.41. The average molecular weight is 399 g/mol. The van der Waals surface area contributed by atoms with Crippen LogP contribution in [0.25, 0.3) is 10.6 Å². The number of nitrogens with zero attached hydrogens (tertiary/aromatic N) is 1. The minimum Gasteiger partial charge on any atom is -0.488 e. The minimum atomic E-state index is -0.107. The molecule has 1 heterocycles. The second kappa shape index (κ2) is 8.11. The number of carbonyl (C=O) groups excluding carboxylic acids is 1. The maximum Gasteiger partial charge on any atom is 0.270 e. The number of nitrogens with one attached hydrogen (secondary N) is 1. The van der Waals surface area contributed by atoms with Crippen molar-refractivity contribution in [3.63, 3.8) is 0 Å². The third-order valence-corrected chi connectivity index (χ3v) is 5.54. The molecule has 4 nitrogen and oxygen atoms in total. The van der Waals surface area contributed by atoms with Crippen LogP contribution in [0, 0.1) is 5.92 Å². The maximum absolute atomic E-state index is 12.2. The molecule has 0 radical (unpaired) electrons. The van der Waals surface area contributed by atoms with Crippen LogP contribution in [-0.4, -0.2) is 17.4 Å². The number of ether oxygens (including phenoxy) is 1. The molecule has 27 heavy (non-hydrogen) atoms. The number of benzene rings is 2. The molecule has 1 aromatic heterocycles. The fourth-order valence-corrected chi connectivity index (χ4v) is 3.62. The number of amides is 1. The molecule has 1 fully saturated rings. The molecule has 1 N–H and O–H groups in total. The first-order chi connectivity index (χ1) is 13.2. The zero-order valence-corrected chi connectivity index (χ0v) is 16.2. The summed E-state index contributed by atoms with van der Waals surface area (Å²) >= 11 is 7.37. The van der Waals surface area contributed by atoms with E-state index in [1.54, 1.807) is 5.38 Å². The van der Waals surface area contributed by atoms with E-state index in [0.717, 1.165) is 28.4 Å². The second-order valence-corrected chi connectivity index (χ2v) is 7.90. The number of para-hydroxylation sites is 1. The van der Waals surface area contributed by atoms with Crippen LogP contribution in [0.4, 0.5) is 0 Å². The molecule has 0 bridgehead atoms. The molecule has 1 aliphatic carbocycles. The van der Waals surface area contributed by atoms with E-state index in [4.69, 9.17) is 16.3 Å². The van der Waals surface area contributed by atoms with Crippen molar-refractivity contribution < 1.29 is 9.53 Å². The number of hydrogen-bond donors (Lipinski definition) is 1. The first kappa shape index (κ1) is 18.0. The van der Waals surface area contributed by atoms with Gasteiger partial charge in [0, 0.05) is 16.9 Å². The molecule has 1 aliphatic rings. The predicted octanol–water partition coefficient (Wildman–Crippen LogP) is 5.18.